The maximum Gasteiger partial charge on any atom is 0.261 e. The Balaban J connectivity index is 2.35. The number of carbonyl (C=O) groups is 2. The summed E-state index contributed by atoms with van der Waals surface area (Å²) in [6.45, 7) is 3.72. The van der Waals surface area contributed by atoms with Gasteiger partial charge in [0, 0.05) is 11.4 Å². The highest BCUT2D eigenvalue weighted by atomic mass is 32.2. The van der Waals surface area contributed by atoms with Crippen molar-refractivity contribution < 1.29 is 23.1 Å². The Bertz CT molecular complexity index is 875. The SMILES string of the molecule is CCNC(=O)c1cc(S(=O)(=O)N[C@@H](C(=O)[O-])c2ccccc2)c(C)s1. The molecule has 0 saturated carbocycles. The van der Waals surface area contributed by atoms with Gasteiger partial charge in [0.25, 0.3) is 5.91 Å². The van der Waals surface area contributed by atoms with Crippen LogP contribution in [0.4, 0.5) is 0 Å². The first kappa shape index (κ1) is 19.1. The summed E-state index contributed by atoms with van der Waals surface area (Å²) in [6, 6.07) is 7.58. The molecule has 1 amide bonds. The smallest absolute Gasteiger partial charge is 0.261 e. The number of aliphatic carboxylic acids is 1. The zero-order valence-corrected chi connectivity index (χ0v) is 15.2. The quantitative estimate of drug-likeness (QED) is 0.728. The molecule has 0 radical (unpaired) electrons. The van der Waals surface area contributed by atoms with Gasteiger partial charge in [0.1, 0.15) is 0 Å². The molecule has 0 fully saturated rings. The molecule has 1 aromatic carbocycles. The predicted molar refractivity (Wildman–Crippen MR) is 91.6 cm³/mol. The number of carboxylic acids is 1. The predicted octanol–water partition coefficient (Wildman–Crippen LogP) is 0.576. The first-order chi connectivity index (χ1) is 11.8. The van der Waals surface area contributed by atoms with Crippen LogP contribution >= 0.6 is 11.3 Å². The number of benzene rings is 1. The standard InChI is InChI=1S/C16H18N2O5S2/c1-3-17-15(19)12-9-13(10(2)24-12)25(22,23)18-14(16(20)21)11-7-5-4-6-8-11/h4-9,14,18H,3H2,1-2H3,(H,17,19)(H,20,21)/p-1/t14-/m1/s1. The third-order valence-corrected chi connectivity index (χ3v) is 6.09. The molecular weight excluding hydrogens is 364 g/mol. The molecule has 7 nitrogen and oxygen atoms in total. The maximum atomic E-state index is 12.6. The van der Waals surface area contributed by atoms with Crippen LogP contribution in [-0.2, 0) is 14.8 Å². The second-order valence-corrected chi connectivity index (χ2v) is 8.11. The maximum absolute atomic E-state index is 12.6. The summed E-state index contributed by atoms with van der Waals surface area (Å²) < 4.78 is 27.4. The number of hydrogen-bond donors (Lipinski definition) is 2. The molecule has 1 heterocycles. The Morgan fingerprint density at radius 2 is 1.88 bits per heavy atom. The molecule has 0 saturated heterocycles. The van der Waals surface area contributed by atoms with Gasteiger partial charge in [0.05, 0.1) is 21.8 Å². The van der Waals surface area contributed by atoms with Crippen LogP contribution < -0.4 is 15.1 Å². The number of hydrogen-bond acceptors (Lipinski definition) is 6. The topological polar surface area (TPSA) is 115 Å². The molecule has 0 bridgehead atoms. The van der Waals surface area contributed by atoms with Gasteiger partial charge in [-0.15, -0.1) is 11.3 Å². The molecule has 0 unspecified atom stereocenters. The van der Waals surface area contributed by atoms with Crippen LogP contribution in [0.15, 0.2) is 41.3 Å². The van der Waals surface area contributed by atoms with E-state index < -0.39 is 22.0 Å². The molecule has 2 aromatic rings. The number of aryl methyl sites for hydroxylation is 1. The molecule has 0 aliphatic carbocycles. The summed E-state index contributed by atoms with van der Waals surface area (Å²) in [7, 11) is -4.15. The lowest BCUT2D eigenvalue weighted by Gasteiger charge is -2.20. The minimum absolute atomic E-state index is 0.124. The van der Waals surface area contributed by atoms with Crippen molar-refractivity contribution in [2.45, 2.75) is 24.8 Å². The van der Waals surface area contributed by atoms with Gasteiger partial charge in [0.2, 0.25) is 10.0 Å². The summed E-state index contributed by atoms with van der Waals surface area (Å²) in [4.78, 5) is 23.8. The van der Waals surface area contributed by atoms with Crippen LogP contribution in [0.5, 0.6) is 0 Å². The Hall–Kier alpha value is -2.23. The van der Waals surface area contributed by atoms with Gasteiger partial charge in [-0.3, -0.25) is 4.79 Å². The molecule has 0 spiro atoms. The van der Waals surface area contributed by atoms with Gasteiger partial charge in [0.15, 0.2) is 0 Å². The first-order valence-electron chi connectivity index (χ1n) is 7.43. The van der Waals surface area contributed by atoms with Gasteiger partial charge in [-0.05, 0) is 25.5 Å². The third-order valence-electron chi connectivity index (χ3n) is 3.36. The molecule has 0 aliphatic rings. The van der Waals surface area contributed by atoms with E-state index >= 15 is 0 Å². The minimum Gasteiger partial charge on any atom is -0.548 e. The van der Waals surface area contributed by atoms with Crippen LogP contribution in [0.3, 0.4) is 0 Å². The van der Waals surface area contributed by atoms with Crippen molar-refractivity contribution in [1.29, 1.82) is 0 Å². The normalized spacial score (nSPS) is 12.6. The van der Waals surface area contributed by atoms with E-state index in [1.165, 1.54) is 18.2 Å². The molecule has 9 heteroatoms. The van der Waals surface area contributed by atoms with Crippen LogP contribution in [0.25, 0.3) is 0 Å². The second kappa shape index (κ2) is 7.77. The lowest BCUT2D eigenvalue weighted by molar-refractivity contribution is -0.308. The van der Waals surface area contributed by atoms with Crippen molar-refractivity contribution in [3.63, 3.8) is 0 Å². The Kier molecular flexibility index (Phi) is 5.93. The highest BCUT2D eigenvalue weighted by Crippen LogP contribution is 2.27. The molecule has 2 N–H and O–H groups in total. The van der Waals surface area contributed by atoms with E-state index in [1.54, 1.807) is 32.0 Å². The highest BCUT2D eigenvalue weighted by molar-refractivity contribution is 7.89. The van der Waals surface area contributed by atoms with Gasteiger partial charge < -0.3 is 15.2 Å². The number of rotatable bonds is 7. The summed E-state index contributed by atoms with van der Waals surface area (Å²) in [5.74, 6) is -1.94. The van der Waals surface area contributed by atoms with E-state index in [4.69, 9.17) is 0 Å². The summed E-state index contributed by atoms with van der Waals surface area (Å²) in [5.41, 5.74) is 0.253. The fraction of sp³-hybridized carbons (Fsp3) is 0.250. The lowest BCUT2D eigenvalue weighted by atomic mass is 10.1. The van der Waals surface area contributed by atoms with Gasteiger partial charge in [-0.1, -0.05) is 30.3 Å². The Morgan fingerprint density at radius 1 is 1.24 bits per heavy atom. The van der Waals surface area contributed by atoms with Crippen LogP contribution in [0.2, 0.25) is 0 Å². The molecule has 0 aliphatic heterocycles. The average molecular weight is 381 g/mol. The zero-order valence-electron chi connectivity index (χ0n) is 13.6. The first-order valence-corrected chi connectivity index (χ1v) is 9.73. The van der Waals surface area contributed by atoms with Gasteiger partial charge in [-0.25, -0.2) is 8.42 Å². The lowest BCUT2D eigenvalue weighted by Crippen LogP contribution is -2.41. The van der Waals surface area contributed by atoms with Crippen molar-refractivity contribution in [2.24, 2.45) is 0 Å². The van der Waals surface area contributed by atoms with E-state index in [0.717, 1.165) is 11.3 Å². The van der Waals surface area contributed by atoms with E-state index in [9.17, 15) is 23.1 Å². The minimum atomic E-state index is -4.15. The number of amides is 1. The summed E-state index contributed by atoms with van der Waals surface area (Å²) in [6.07, 6.45) is 0. The van der Waals surface area contributed by atoms with Crippen LogP contribution in [0, 0.1) is 6.92 Å². The number of carbonyl (C=O) groups excluding carboxylic acids is 2. The third kappa shape index (κ3) is 4.44. The number of thiophene rings is 1. The van der Waals surface area contributed by atoms with Crippen LogP contribution in [0.1, 0.15) is 33.1 Å². The highest BCUT2D eigenvalue weighted by Gasteiger charge is 2.26. The molecular formula is C16H17N2O5S2-. The number of sulfonamides is 1. The average Bonchev–Trinajstić information content (AvgIpc) is 2.96. The Morgan fingerprint density at radius 3 is 2.44 bits per heavy atom. The molecule has 25 heavy (non-hydrogen) atoms. The monoisotopic (exact) mass is 381 g/mol. The van der Waals surface area contributed by atoms with Gasteiger partial charge >= 0.3 is 0 Å². The van der Waals surface area contributed by atoms with E-state index in [1.807, 2.05) is 0 Å². The van der Waals surface area contributed by atoms with Gasteiger partial charge in [-0.2, -0.15) is 4.72 Å². The van der Waals surface area contributed by atoms with Crippen molar-refractivity contribution in [2.75, 3.05) is 6.54 Å². The Labute approximate surface area is 149 Å². The number of nitrogens with one attached hydrogen (secondary N) is 2. The zero-order chi connectivity index (χ0) is 18.6. The van der Waals surface area contributed by atoms with E-state index in [-0.39, 0.29) is 21.2 Å². The molecule has 1 aromatic heterocycles. The fourth-order valence-corrected chi connectivity index (χ4v) is 4.89. The largest absolute Gasteiger partial charge is 0.548 e. The van der Waals surface area contributed by atoms with Crippen LogP contribution in [-0.4, -0.2) is 26.8 Å². The fourth-order valence-electron chi connectivity index (χ4n) is 2.21. The summed E-state index contributed by atoms with van der Waals surface area (Å²) >= 11 is 1.03. The van der Waals surface area contributed by atoms with E-state index in [0.29, 0.717) is 11.4 Å². The molecule has 2 rings (SSSR count). The molecule has 134 valence electrons. The second-order valence-electron chi connectivity index (χ2n) is 5.17. The van der Waals surface area contributed by atoms with Crippen molar-refractivity contribution in [1.82, 2.24) is 10.0 Å². The number of carboxylic acid groups (broad SMARTS) is 1. The van der Waals surface area contributed by atoms with E-state index in [2.05, 4.69) is 10.0 Å². The molecule has 1 atom stereocenters. The summed E-state index contributed by atoms with van der Waals surface area (Å²) in [5, 5.41) is 14.0. The van der Waals surface area contributed by atoms with Crippen molar-refractivity contribution in [3.8, 4) is 0 Å². The van der Waals surface area contributed by atoms with Crippen molar-refractivity contribution in [3.05, 3.63) is 51.7 Å². The van der Waals surface area contributed by atoms with Crippen molar-refractivity contribution >= 4 is 33.2 Å².